The average molecular weight is 470 g/mol. The molecule has 0 bridgehead atoms. The second-order valence-electron chi connectivity index (χ2n) is 9.40. The van der Waals surface area contributed by atoms with E-state index in [1.165, 1.54) is 24.3 Å². The molecule has 0 unspecified atom stereocenters. The summed E-state index contributed by atoms with van der Waals surface area (Å²) in [5, 5.41) is 0. The largest absolute Gasteiger partial charge is 0.370 e. The number of piperidine rings is 1. The van der Waals surface area contributed by atoms with Crippen molar-refractivity contribution in [1.82, 2.24) is 14.7 Å². The van der Waals surface area contributed by atoms with Crippen molar-refractivity contribution < 1.29 is 23.1 Å². The number of benzene rings is 2. The van der Waals surface area contributed by atoms with E-state index < -0.39 is 0 Å². The summed E-state index contributed by atoms with van der Waals surface area (Å²) < 4.78 is 32.8. The first kappa shape index (κ1) is 22.9. The zero-order valence-corrected chi connectivity index (χ0v) is 19.0. The molecule has 5 rings (SSSR count). The van der Waals surface area contributed by atoms with Crippen LogP contribution in [0.2, 0.25) is 0 Å². The lowest BCUT2D eigenvalue weighted by molar-refractivity contribution is -0.140. The van der Waals surface area contributed by atoms with Crippen molar-refractivity contribution in [2.45, 2.75) is 25.0 Å². The number of hydrogen-bond acceptors (Lipinski definition) is 4. The molecule has 0 saturated carbocycles. The summed E-state index contributed by atoms with van der Waals surface area (Å²) in [5.41, 5.74) is 1.86. The van der Waals surface area contributed by atoms with Gasteiger partial charge in [0.15, 0.2) is 5.78 Å². The first-order valence-corrected chi connectivity index (χ1v) is 11.9. The molecule has 2 aromatic rings. The third-order valence-electron chi connectivity index (χ3n) is 7.20. The van der Waals surface area contributed by atoms with Gasteiger partial charge in [-0.25, -0.2) is 13.6 Å². The second kappa shape index (κ2) is 9.80. The Bertz CT molecular complexity index is 977. The van der Waals surface area contributed by atoms with Crippen LogP contribution in [0.15, 0.2) is 48.5 Å². The molecule has 6 nitrogen and oxygen atoms in total. The number of carbonyl (C=O) groups is 2. The Morgan fingerprint density at radius 1 is 0.853 bits per heavy atom. The lowest BCUT2D eigenvalue weighted by atomic mass is 9.88. The van der Waals surface area contributed by atoms with E-state index >= 15 is 0 Å². The maximum atomic E-state index is 13.6. The Morgan fingerprint density at radius 3 is 2.03 bits per heavy atom. The van der Waals surface area contributed by atoms with Gasteiger partial charge in [-0.1, -0.05) is 24.3 Å². The molecule has 3 aliphatic rings. The molecular weight excluding hydrogens is 440 g/mol. The highest BCUT2D eigenvalue weighted by Crippen LogP contribution is 2.31. The molecule has 0 aromatic heterocycles. The predicted molar refractivity (Wildman–Crippen MR) is 122 cm³/mol. The fourth-order valence-electron chi connectivity index (χ4n) is 5.43. The van der Waals surface area contributed by atoms with Gasteiger partial charge < -0.3 is 14.5 Å². The van der Waals surface area contributed by atoms with Crippen molar-refractivity contribution in [3.63, 3.8) is 0 Å². The Labute approximate surface area is 198 Å². The van der Waals surface area contributed by atoms with E-state index in [2.05, 4.69) is 4.90 Å². The molecule has 3 saturated heterocycles. The third-order valence-corrected chi connectivity index (χ3v) is 7.20. The SMILES string of the molecule is O=C1CO[C@@H]2CCN(C(=O)N3CCN(C(c4ccc(F)cc4)c4ccc(F)cc4)CC3)C[C@@H]2C1. The first-order valence-electron chi connectivity index (χ1n) is 11.9. The van der Waals surface area contributed by atoms with E-state index in [4.69, 9.17) is 4.74 Å². The molecule has 8 heteroatoms. The highest BCUT2D eigenvalue weighted by Gasteiger charge is 2.38. The highest BCUT2D eigenvalue weighted by molar-refractivity contribution is 5.81. The van der Waals surface area contributed by atoms with Crippen LogP contribution in [0.4, 0.5) is 13.6 Å². The molecule has 0 spiro atoms. The van der Waals surface area contributed by atoms with Crippen LogP contribution in [0.5, 0.6) is 0 Å². The van der Waals surface area contributed by atoms with Crippen LogP contribution in [-0.4, -0.2) is 78.5 Å². The maximum absolute atomic E-state index is 13.6. The van der Waals surface area contributed by atoms with Crippen LogP contribution in [-0.2, 0) is 9.53 Å². The van der Waals surface area contributed by atoms with E-state index in [-0.39, 0.29) is 48.1 Å². The van der Waals surface area contributed by atoms with Crippen LogP contribution < -0.4 is 0 Å². The van der Waals surface area contributed by atoms with Gasteiger partial charge in [0.2, 0.25) is 0 Å². The van der Waals surface area contributed by atoms with Crippen molar-refractivity contribution in [3.8, 4) is 0 Å². The molecule has 0 N–H and O–H groups in total. The zero-order chi connectivity index (χ0) is 23.7. The van der Waals surface area contributed by atoms with E-state index in [1.54, 1.807) is 24.3 Å². The molecule has 3 aliphatic heterocycles. The van der Waals surface area contributed by atoms with Crippen LogP contribution in [0, 0.1) is 17.6 Å². The van der Waals surface area contributed by atoms with Gasteiger partial charge >= 0.3 is 6.03 Å². The minimum atomic E-state index is -0.300. The smallest absolute Gasteiger partial charge is 0.320 e. The molecule has 2 aromatic carbocycles. The molecule has 0 aliphatic carbocycles. The third kappa shape index (κ3) is 4.83. The quantitative estimate of drug-likeness (QED) is 0.691. The number of carbonyl (C=O) groups excluding carboxylic acids is 2. The van der Waals surface area contributed by atoms with E-state index in [1.807, 2.05) is 9.80 Å². The van der Waals surface area contributed by atoms with Gasteiger partial charge in [-0.05, 0) is 41.8 Å². The standard InChI is InChI=1S/C26H29F2N3O3/c27-21-5-1-18(2-6-21)25(19-3-7-22(28)8-4-19)29-11-13-30(14-12-29)26(33)31-10-9-24-20(16-31)15-23(32)17-34-24/h1-8,20,24-25H,9-17H2/t20-,24+/m0/s1. The summed E-state index contributed by atoms with van der Waals surface area (Å²) >= 11 is 0. The first-order chi connectivity index (χ1) is 16.5. The number of fused-ring (bicyclic) bond motifs is 1. The summed E-state index contributed by atoms with van der Waals surface area (Å²) in [6.45, 7) is 3.82. The number of urea groups is 1. The van der Waals surface area contributed by atoms with Gasteiger partial charge in [-0.15, -0.1) is 0 Å². The Hall–Kier alpha value is -2.84. The second-order valence-corrected chi connectivity index (χ2v) is 9.40. The van der Waals surface area contributed by atoms with Crippen molar-refractivity contribution in [2.75, 3.05) is 45.9 Å². The molecule has 2 atom stereocenters. The van der Waals surface area contributed by atoms with Crippen LogP contribution in [0.1, 0.15) is 30.0 Å². The van der Waals surface area contributed by atoms with Crippen LogP contribution in [0.25, 0.3) is 0 Å². The van der Waals surface area contributed by atoms with Crippen molar-refractivity contribution >= 4 is 11.8 Å². The van der Waals surface area contributed by atoms with Gasteiger partial charge in [-0.2, -0.15) is 0 Å². The topological polar surface area (TPSA) is 53.1 Å². The molecule has 180 valence electrons. The average Bonchev–Trinajstić information content (AvgIpc) is 2.86. The molecule has 3 heterocycles. The summed E-state index contributed by atoms with van der Waals surface area (Å²) in [6, 6.07) is 12.7. The number of ether oxygens (including phenoxy) is 1. The number of hydrogen-bond donors (Lipinski definition) is 0. The number of Topliss-reactive ketones (excluding diaryl/α,β-unsaturated/α-hetero) is 1. The number of amides is 2. The predicted octanol–water partition coefficient (Wildman–Crippen LogP) is 3.47. The summed E-state index contributed by atoms with van der Waals surface area (Å²) in [4.78, 5) is 31.0. The van der Waals surface area contributed by atoms with Gasteiger partial charge in [0.05, 0.1) is 12.1 Å². The minimum Gasteiger partial charge on any atom is -0.370 e. The number of piperazine rings is 1. The maximum Gasteiger partial charge on any atom is 0.320 e. The summed E-state index contributed by atoms with van der Waals surface area (Å²) in [7, 11) is 0. The number of likely N-dealkylation sites (tertiary alicyclic amines) is 1. The number of halogens is 2. The van der Waals surface area contributed by atoms with E-state index in [0.717, 1.165) is 17.5 Å². The monoisotopic (exact) mass is 469 g/mol. The van der Waals surface area contributed by atoms with Gasteiger partial charge in [0, 0.05) is 51.6 Å². The number of rotatable bonds is 3. The Balaban J connectivity index is 1.26. The summed E-state index contributed by atoms with van der Waals surface area (Å²) in [6.07, 6.45) is 1.32. The highest BCUT2D eigenvalue weighted by atomic mass is 19.1. The van der Waals surface area contributed by atoms with Gasteiger partial charge in [0.1, 0.15) is 18.2 Å². The van der Waals surface area contributed by atoms with E-state index in [0.29, 0.717) is 45.7 Å². The van der Waals surface area contributed by atoms with Crippen molar-refractivity contribution in [3.05, 3.63) is 71.3 Å². The fraction of sp³-hybridized carbons (Fsp3) is 0.462. The Morgan fingerprint density at radius 2 is 1.44 bits per heavy atom. The molecule has 0 radical (unpaired) electrons. The minimum absolute atomic E-state index is 0.0104. The fourth-order valence-corrected chi connectivity index (χ4v) is 5.43. The van der Waals surface area contributed by atoms with Gasteiger partial charge in [-0.3, -0.25) is 9.69 Å². The number of ketones is 1. The molecular formula is C26H29F2N3O3. The Kier molecular flexibility index (Phi) is 6.61. The molecule has 34 heavy (non-hydrogen) atoms. The van der Waals surface area contributed by atoms with Crippen LogP contribution in [0.3, 0.4) is 0 Å². The molecule has 2 amide bonds. The lowest BCUT2D eigenvalue weighted by Gasteiger charge is -2.44. The zero-order valence-electron chi connectivity index (χ0n) is 19.0. The van der Waals surface area contributed by atoms with E-state index in [9.17, 15) is 18.4 Å². The normalized spacial score (nSPS) is 23.8. The van der Waals surface area contributed by atoms with Crippen LogP contribution >= 0.6 is 0 Å². The molecule has 3 fully saturated rings. The van der Waals surface area contributed by atoms with Crippen molar-refractivity contribution in [2.24, 2.45) is 5.92 Å². The van der Waals surface area contributed by atoms with Gasteiger partial charge in [0.25, 0.3) is 0 Å². The van der Waals surface area contributed by atoms with Crippen molar-refractivity contribution in [1.29, 1.82) is 0 Å². The number of nitrogens with zero attached hydrogens (tertiary/aromatic N) is 3. The summed E-state index contributed by atoms with van der Waals surface area (Å²) in [5.74, 6) is -0.407. The lowest BCUT2D eigenvalue weighted by Crippen LogP contribution is -2.57.